The van der Waals surface area contributed by atoms with Crippen LogP contribution in [-0.2, 0) is 6.42 Å². The van der Waals surface area contributed by atoms with Crippen LogP contribution in [0.3, 0.4) is 0 Å². The summed E-state index contributed by atoms with van der Waals surface area (Å²) < 4.78 is 38.1. The minimum Gasteiger partial charge on any atom is -0.497 e. The molecule has 30 heavy (non-hydrogen) atoms. The van der Waals surface area contributed by atoms with Crippen LogP contribution in [0.4, 0.5) is 8.78 Å². The number of aromatic nitrogens is 5. The van der Waals surface area contributed by atoms with E-state index in [0.717, 1.165) is 5.69 Å². The summed E-state index contributed by atoms with van der Waals surface area (Å²) in [7, 11) is 1.55. The molecule has 0 spiro atoms. The van der Waals surface area contributed by atoms with Crippen molar-refractivity contribution in [3.05, 3.63) is 59.8 Å². The van der Waals surface area contributed by atoms with Crippen LogP contribution in [0.25, 0.3) is 11.1 Å². The second-order valence-corrected chi connectivity index (χ2v) is 6.74. The molecular formula is C19H16F2N6O3. The van der Waals surface area contributed by atoms with E-state index in [9.17, 15) is 13.6 Å². The second kappa shape index (κ2) is 6.94. The fraction of sp³-hybridized carbons (Fsp3) is 0.263. The molecule has 0 saturated carbocycles. The predicted molar refractivity (Wildman–Crippen MR) is 99.2 cm³/mol. The molecule has 1 aliphatic rings. The van der Waals surface area contributed by atoms with Crippen LogP contribution in [-0.4, -0.2) is 49.2 Å². The number of hydrogen-bond donors (Lipinski definition) is 1. The number of fused-ring (bicyclic) bond motifs is 2. The molecule has 1 aromatic carbocycles. The lowest BCUT2D eigenvalue weighted by atomic mass is 10.0. The smallest absolute Gasteiger partial charge is 0.333 e. The molecule has 0 aliphatic carbocycles. The monoisotopic (exact) mass is 414 g/mol. The zero-order valence-corrected chi connectivity index (χ0v) is 15.7. The van der Waals surface area contributed by atoms with Gasteiger partial charge >= 0.3 is 6.55 Å². The largest absolute Gasteiger partial charge is 0.497 e. The maximum Gasteiger partial charge on any atom is 0.333 e. The number of imidazole rings is 1. The van der Waals surface area contributed by atoms with Gasteiger partial charge in [-0.3, -0.25) is 4.79 Å². The molecule has 3 aromatic heterocycles. The normalized spacial score (nSPS) is 16.3. The highest BCUT2D eigenvalue weighted by Gasteiger charge is 2.39. The molecular weight excluding hydrogens is 398 g/mol. The number of nitrogens with one attached hydrogen (secondary N) is 1. The average Bonchev–Trinajstić information content (AvgIpc) is 3.50. The number of carbonyl (C=O) groups excluding carboxylic acids is 1. The van der Waals surface area contributed by atoms with Gasteiger partial charge in [-0.2, -0.15) is 18.6 Å². The van der Waals surface area contributed by atoms with E-state index >= 15 is 0 Å². The number of H-pyrrole nitrogens is 1. The summed E-state index contributed by atoms with van der Waals surface area (Å²) in [6.45, 7) is -2.66. The van der Waals surface area contributed by atoms with Crippen LogP contribution in [0.1, 0.15) is 40.4 Å². The molecule has 1 N–H and O–H groups in total. The van der Waals surface area contributed by atoms with E-state index in [1.807, 2.05) is 0 Å². The number of halogens is 2. The van der Waals surface area contributed by atoms with Crippen LogP contribution in [0, 0.1) is 0 Å². The number of methoxy groups -OCH3 is 1. The van der Waals surface area contributed by atoms with Gasteiger partial charge in [-0.05, 0) is 18.2 Å². The molecule has 0 saturated heterocycles. The first-order valence-corrected chi connectivity index (χ1v) is 9.16. The maximum atomic E-state index is 13.3. The first kappa shape index (κ1) is 18.3. The molecule has 1 amide bonds. The third kappa shape index (κ3) is 2.81. The predicted octanol–water partition coefficient (Wildman–Crippen LogP) is 2.94. The van der Waals surface area contributed by atoms with Crippen LogP contribution in [0.2, 0.25) is 0 Å². The van der Waals surface area contributed by atoms with Crippen molar-refractivity contribution in [2.45, 2.75) is 19.0 Å². The molecule has 5 rings (SSSR count). The van der Waals surface area contributed by atoms with E-state index in [-0.39, 0.29) is 18.1 Å². The molecule has 0 unspecified atom stereocenters. The summed E-state index contributed by atoms with van der Waals surface area (Å²) in [4.78, 5) is 26.6. The summed E-state index contributed by atoms with van der Waals surface area (Å²) in [6, 6.07) is 5.67. The number of amides is 1. The van der Waals surface area contributed by atoms with Gasteiger partial charge in [-0.25, -0.2) is 9.97 Å². The Bertz CT molecular complexity index is 1230. The first-order chi connectivity index (χ1) is 14.6. The minimum atomic E-state index is -2.93. The van der Waals surface area contributed by atoms with Crippen molar-refractivity contribution in [3.63, 3.8) is 0 Å². The Morgan fingerprint density at radius 3 is 3.03 bits per heavy atom. The number of hydrogen-bond acceptors (Lipinski definition) is 6. The highest BCUT2D eigenvalue weighted by Crippen LogP contribution is 2.36. The number of carbonyl (C=O) groups is 1. The van der Waals surface area contributed by atoms with Gasteiger partial charge in [-0.15, -0.1) is 0 Å². The number of alkyl halides is 2. The maximum absolute atomic E-state index is 13.3. The first-order valence-electron chi connectivity index (χ1n) is 9.16. The number of ether oxygens (including phenoxy) is 1. The second-order valence-electron chi connectivity index (χ2n) is 6.74. The number of oxazole rings is 1. The Hall–Kier alpha value is -3.76. The number of nitrogens with zero attached hydrogens (tertiary/aromatic N) is 5. The fourth-order valence-corrected chi connectivity index (χ4v) is 3.70. The van der Waals surface area contributed by atoms with E-state index in [0.29, 0.717) is 33.6 Å². The van der Waals surface area contributed by atoms with E-state index in [1.165, 1.54) is 23.5 Å². The molecule has 4 heterocycles. The molecule has 1 atom stereocenters. The van der Waals surface area contributed by atoms with Crippen LogP contribution < -0.4 is 4.74 Å². The van der Waals surface area contributed by atoms with Gasteiger partial charge in [0.15, 0.2) is 11.6 Å². The summed E-state index contributed by atoms with van der Waals surface area (Å²) >= 11 is 0. The van der Waals surface area contributed by atoms with E-state index in [1.54, 1.807) is 25.3 Å². The molecule has 0 radical (unpaired) electrons. The highest BCUT2D eigenvalue weighted by molar-refractivity contribution is 5.93. The summed E-state index contributed by atoms with van der Waals surface area (Å²) in [5.41, 5.74) is 2.25. The Morgan fingerprint density at radius 2 is 2.23 bits per heavy atom. The number of benzene rings is 1. The number of aromatic amines is 1. The molecule has 9 nitrogen and oxygen atoms in total. The molecule has 4 aromatic rings. The molecule has 11 heteroatoms. The summed E-state index contributed by atoms with van der Waals surface area (Å²) in [5.74, 6) is 0.245. The Labute approximate surface area is 168 Å². The quantitative estimate of drug-likeness (QED) is 0.551. The lowest BCUT2D eigenvalue weighted by Crippen LogP contribution is -2.41. The van der Waals surface area contributed by atoms with Gasteiger partial charge in [0.25, 0.3) is 5.91 Å². The van der Waals surface area contributed by atoms with Gasteiger partial charge < -0.3 is 19.0 Å². The molecule has 0 fully saturated rings. The SMILES string of the molecule is COc1ccc2oc([C@@H]3c4nc[nH]c4CCN3C(=O)c3ccnn3C(F)F)nc2c1. The highest BCUT2D eigenvalue weighted by atomic mass is 19.3. The van der Waals surface area contributed by atoms with E-state index < -0.39 is 18.5 Å². The summed E-state index contributed by atoms with van der Waals surface area (Å²) in [6.07, 6.45) is 3.19. The topological polar surface area (TPSA) is 102 Å². The summed E-state index contributed by atoms with van der Waals surface area (Å²) in [5, 5.41) is 3.56. The van der Waals surface area contributed by atoms with Gasteiger partial charge in [0.05, 0.1) is 19.1 Å². The van der Waals surface area contributed by atoms with E-state index in [4.69, 9.17) is 9.15 Å². The molecule has 0 bridgehead atoms. The lowest BCUT2D eigenvalue weighted by molar-refractivity contribution is 0.0435. The lowest BCUT2D eigenvalue weighted by Gasteiger charge is -2.33. The van der Waals surface area contributed by atoms with Crippen molar-refractivity contribution >= 4 is 17.0 Å². The fourth-order valence-electron chi connectivity index (χ4n) is 3.70. The van der Waals surface area contributed by atoms with Gasteiger partial charge in [0.2, 0.25) is 5.89 Å². The number of rotatable bonds is 4. The van der Waals surface area contributed by atoms with Gasteiger partial charge in [0.1, 0.15) is 17.0 Å². The average molecular weight is 414 g/mol. The third-order valence-electron chi connectivity index (χ3n) is 5.11. The van der Waals surface area contributed by atoms with Crippen LogP contribution >= 0.6 is 0 Å². The Balaban J connectivity index is 1.61. The van der Waals surface area contributed by atoms with Gasteiger partial charge in [-0.1, -0.05) is 0 Å². The molecule has 154 valence electrons. The Kier molecular flexibility index (Phi) is 4.23. The van der Waals surface area contributed by atoms with Crippen LogP contribution in [0.5, 0.6) is 5.75 Å². The van der Waals surface area contributed by atoms with Crippen molar-refractivity contribution in [2.24, 2.45) is 0 Å². The minimum absolute atomic E-state index is 0.216. The van der Waals surface area contributed by atoms with Crippen molar-refractivity contribution in [1.29, 1.82) is 0 Å². The third-order valence-corrected chi connectivity index (χ3v) is 5.11. The van der Waals surface area contributed by atoms with Crippen molar-refractivity contribution in [3.8, 4) is 5.75 Å². The Morgan fingerprint density at radius 1 is 1.37 bits per heavy atom. The molecule has 1 aliphatic heterocycles. The zero-order valence-electron chi connectivity index (χ0n) is 15.7. The van der Waals surface area contributed by atoms with Gasteiger partial charge in [0, 0.05) is 30.9 Å². The van der Waals surface area contributed by atoms with E-state index in [2.05, 4.69) is 20.1 Å². The standard InChI is InChI=1S/C19H16F2N6O3/c1-29-10-2-3-14-12(8-10)25-17(30-14)16-15-11(22-9-23-15)5-7-26(16)18(28)13-4-6-24-27(13)19(20)21/h2-4,6,8-9,16,19H,5,7H2,1H3,(H,22,23)/t16-/m0/s1. The van der Waals surface area contributed by atoms with Crippen molar-refractivity contribution in [1.82, 2.24) is 29.6 Å². The van der Waals surface area contributed by atoms with Crippen molar-refractivity contribution in [2.75, 3.05) is 13.7 Å². The van der Waals surface area contributed by atoms with Crippen LogP contribution in [0.15, 0.2) is 41.2 Å². The zero-order chi connectivity index (χ0) is 20.8. The van der Waals surface area contributed by atoms with Crippen molar-refractivity contribution < 1.29 is 22.7 Å².